The number of hydrazone groups is 1. The number of sulfonamides is 1. The smallest absolute Gasteiger partial charge is 0.260 e. The van der Waals surface area contributed by atoms with E-state index >= 15 is 0 Å². The number of amides is 1. The molecular formula is C25H29ClN4O3S. The minimum absolute atomic E-state index is 0.392. The second kappa shape index (κ2) is 10.0. The van der Waals surface area contributed by atoms with Gasteiger partial charge in [-0.25, -0.2) is 13.8 Å². The highest BCUT2D eigenvalue weighted by Gasteiger charge is 2.22. The Hall–Kier alpha value is -3.10. The number of hydrogen-bond donors (Lipinski definition) is 1. The van der Waals surface area contributed by atoms with Gasteiger partial charge in [-0.2, -0.15) is 5.10 Å². The number of anilines is 1. The van der Waals surface area contributed by atoms with E-state index in [2.05, 4.69) is 47.1 Å². The van der Waals surface area contributed by atoms with Crippen LogP contribution in [0.1, 0.15) is 33.6 Å². The molecule has 0 aliphatic carbocycles. The van der Waals surface area contributed by atoms with Crippen molar-refractivity contribution in [1.82, 2.24) is 9.99 Å². The van der Waals surface area contributed by atoms with Gasteiger partial charge in [-0.3, -0.25) is 9.10 Å². The van der Waals surface area contributed by atoms with Crippen molar-refractivity contribution in [2.24, 2.45) is 5.10 Å². The molecule has 1 N–H and O–H groups in total. The second-order valence-electron chi connectivity index (χ2n) is 8.50. The van der Waals surface area contributed by atoms with Gasteiger partial charge in [-0.1, -0.05) is 17.7 Å². The summed E-state index contributed by atoms with van der Waals surface area (Å²) < 4.78 is 27.9. The van der Waals surface area contributed by atoms with Crippen LogP contribution in [0.5, 0.6) is 0 Å². The molecular weight excluding hydrogens is 472 g/mol. The number of nitrogens with zero attached hydrogens (tertiary/aromatic N) is 3. The number of hydrogen-bond acceptors (Lipinski definition) is 4. The van der Waals surface area contributed by atoms with Crippen LogP contribution in [-0.2, 0) is 14.8 Å². The van der Waals surface area contributed by atoms with Gasteiger partial charge in [0.15, 0.2) is 0 Å². The summed E-state index contributed by atoms with van der Waals surface area (Å²) in [4.78, 5) is 12.5. The first-order chi connectivity index (χ1) is 15.9. The van der Waals surface area contributed by atoms with Crippen LogP contribution >= 0.6 is 11.6 Å². The van der Waals surface area contributed by atoms with Crippen molar-refractivity contribution >= 4 is 39.4 Å². The minimum Gasteiger partial charge on any atom is -0.318 e. The van der Waals surface area contributed by atoms with Crippen molar-refractivity contribution in [1.29, 1.82) is 0 Å². The molecule has 1 amide bonds. The summed E-state index contributed by atoms with van der Waals surface area (Å²) in [6, 6.07) is 13.2. The number of aromatic nitrogens is 1. The molecule has 1 aromatic heterocycles. The lowest BCUT2D eigenvalue weighted by Gasteiger charge is -2.23. The Morgan fingerprint density at radius 3 is 2.29 bits per heavy atom. The van der Waals surface area contributed by atoms with Crippen LogP contribution < -0.4 is 9.73 Å². The standard InChI is InChI=1S/C25H29ClN4O3S/c1-16-9-17(2)11-23(10-16)30-19(4)13-21(20(30)5)14-27-28-25(31)15-29(34(6,32)33)24-8-7-22(26)12-18(24)3/h7-14H,15H2,1-6H3,(H,28,31)/b27-14-. The molecule has 34 heavy (non-hydrogen) atoms. The lowest BCUT2D eigenvalue weighted by molar-refractivity contribution is -0.119. The summed E-state index contributed by atoms with van der Waals surface area (Å²) in [7, 11) is -3.70. The zero-order valence-corrected chi connectivity index (χ0v) is 21.8. The van der Waals surface area contributed by atoms with Crippen LogP contribution in [0.4, 0.5) is 5.69 Å². The molecule has 0 atom stereocenters. The third-order valence-corrected chi connectivity index (χ3v) is 6.80. The van der Waals surface area contributed by atoms with E-state index in [1.54, 1.807) is 31.3 Å². The van der Waals surface area contributed by atoms with E-state index in [4.69, 9.17) is 11.6 Å². The molecule has 3 aromatic rings. The van der Waals surface area contributed by atoms with Crippen LogP contribution in [-0.4, -0.2) is 37.9 Å². The maximum absolute atomic E-state index is 12.5. The number of benzene rings is 2. The first-order valence-electron chi connectivity index (χ1n) is 10.7. The van der Waals surface area contributed by atoms with E-state index in [0.717, 1.165) is 33.2 Å². The SMILES string of the molecule is Cc1cc(C)cc(-n2c(C)cc(/C=N\NC(=O)CN(c3ccc(Cl)cc3C)S(C)(=O)=O)c2C)c1. The normalized spacial score (nSPS) is 11.7. The number of carbonyl (C=O) groups excluding carboxylic acids is 1. The molecule has 0 radical (unpaired) electrons. The van der Waals surface area contributed by atoms with Gasteiger partial charge in [0.2, 0.25) is 10.0 Å². The largest absolute Gasteiger partial charge is 0.318 e. The summed E-state index contributed by atoms with van der Waals surface area (Å²) in [5.41, 5.74) is 9.77. The average Bonchev–Trinajstić information content (AvgIpc) is 2.98. The van der Waals surface area contributed by atoms with E-state index in [0.29, 0.717) is 16.3 Å². The molecule has 0 bridgehead atoms. The van der Waals surface area contributed by atoms with Crippen molar-refractivity contribution in [2.75, 3.05) is 17.1 Å². The van der Waals surface area contributed by atoms with E-state index in [9.17, 15) is 13.2 Å². The molecule has 0 saturated carbocycles. The van der Waals surface area contributed by atoms with Crippen LogP contribution in [0.2, 0.25) is 5.02 Å². The Labute approximate surface area is 206 Å². The highest BCUT2D eigenvalue weighted by molar-refractivity contribution is 7.92. The first kappa shape index (κ1) is 25.5. The highest BCUT2D eigenvalue weighted by Crippen LogP contribution is 2.25. The van der Waals surface area contributed by atoms with Gasteiger partial charge in [-0.05, 0) is 87.7 Å². The molecule has 0 spiro atoms. The molecule has 0 aliphatic heterocycles. The molecule has 1 heterocycles. The van der Waals surface area contributed by atoms with Gasteiger partial charge in [-0.15, -0.1) is 0 Å². The summed E-state index contributed by atoms with van der Waals surface area (Å²) >= 11 is 5.98. The molecule has 7 nitrogen and oxygen atoms in total. The predicted octanol–water partition coefficient (Wildman–Crippen LogP) is 4.59. The van der Waals surface area contributed by atoms with Gasteiger partial charge in [0.1, 0.15) is 6.54 Å². The molecule has 9 heteroatoms. The molecule has 3 rings (SSSR count). The van der Waals surface area contributed by atoms with E-state index in [1.165, 1.54) is 11.1 Å². The minimum atomic E-state index is -3.70. The fraction of sp³-hybridized carbons (Fsp3) is 0.280. The van der Waals surface area contributed by atoms with Crippen molar-refractivity contribution in [2.45, 2.75) is 34.6 Å². The van der Waals surface area contributed by atoms with Crippen LogP contribution in [0.15, 0.2) is 47.6 Å². The summed E-state index contributed by atoms with van der Waals surface area (Å²) in [6.07, 6.45) is 2.62. The third-order valence-electron chi connectivity index (χ3n) is 5.44. The first-order valence-corrected chi connectivity index (χ1v) is 12.9. The summed E-state index contributed by atoms with van der Waals surface area (Å²) in [6.45, 7) is 9.46. The molecule has 0 unspecified atom stereocenters. The molecule has 180 valence electrons. The maximum Gasteiger partial charge on any atom is 0.260 e. The Kier molecular flexibility index (Phi) is 7.53. The van der Waals surface area contributed by atoms with E-state index < -0.39 is 22.5 Å². The Balaban J connectivity index is 1.78. The lowest BCUT2D eigenvalue weighted by Crippen LogP contribution is -2.39. The van der Waals surface area contributed by atoms with Crippen molar-refractivity contribution in [3.8, 4) is 5.69 Å². The molecule has 0 aliphatic rings. The number of rotatable bonds is 7. The maximum atomic E-state index is 12.5. The number of halogens is 1. The van der Waals surface area contributed by atoms with Crippen LogP contribution in [0.3, 0.4) is 0 Å². The van der Waals surface area contributed by atoms with Crippen molar-refractivity contribution in [3.05, 3.63) is 81.1 Å². The fourth-order valence-electron chi connectivity index (χ4n) is 4.01. The third kappa shape index (κ3) is 5.87. The zero-order valence-electron chi connectivity index (χ0n) is 20.2. The van der Waals surface area contributed by atoms with Gasteiger partial charge < -0.3 is 4.57 Å². The van der Waals surface area contributed by atoms with Crippen LogP contribution in [0, 0.1) is 34.6 Å². The van der Waals surface area contributed by atoms with Crippen molar-refractivity contribution < 1.29 is 13.2 Å². The van der Waals surface area contributed by atoms with Crippen molar-refractivity contribution in [3.63, 3.8) is 0 Å². The van der Waals surface area contributed by atoms with Gasteiger partial charge in [0.25, 0.3) is 5.91 Å². The quantitative estimate of drug-likeness (QED) is 0.380. The number of aryl methyl sites for hydroxylation is 4. The number of nitrogens with one attached hydrogen (secondary N) is 1. The topological polar surface area (TPSA) is 83.8 Å². The van der Waals surface area contributed by atoms with E-state index in [-0.39, 0.29) is 0 Å². The average molecular weight is 501 g/mol. The van der Waals surface area contributed by atoms with Gasteiger partial charge >= 0.3 is 0 Å². The zero-order chi connectivity index (χ0) is 25.2. The monoisotopic (exact) mass is 500 g/mol. The lowest BCUT2D eigenvalue weighted by atomic mass is 10.1. The van der Waals surface area contributed by atoms with Gasteiger partial charge in [0.05, 0.1) is 18.2 Å². The molecule has 0 saturated heterocycles. The Morgan fingerprint density at radius 1 is 1.06 bits per heavy atom. The summed E-state index contributed by atoms with van der Waals surface area (Å²) in [5, 5.41) is 4.56. The van der Waals surface area contributed by atoms with E-state index in [1.807, 2.05) is 19.9 Å². The Morgan fingerprint density at radius 2 is 1.71 bits per heavy atom. The van der Waals surface area contributed by atoms with Crippen LogP contribution in [0.25, 0.3) is 5.69 Å². The Bertz CT molecular complexity index is 1360. The predicted molar refractivity (Wildman–Crippen MR) is 139 cm³/mol. The van der Waals surface area contributed by atoms with Gasteiger partial charge in [0, 0.05) is 27.7 Å². The fourth-order valence-corrected chi connectivity index (χ4v) is 5.16. The highest BCUT2D eigenvalue weighted by atomic mass is 35.5. The molecule has 0 fully saturated rings. The summed E-state index contributed by atoms with van der Waals surface area (Å²) in [5.74, 6) is -0.556. The number of carbonyl (C=O) groups is 1. The molecule has 2 aromatic carbocycles. The second-order valence-corrected chi connectivity index (χ2v) is 10.8.